The average molecular weight is 366 g/mol. The summed E-state index contributed by atoms with van der Waals surface area (Å²) in [7, 11) is 0. The zero-order valence-corrected chi connectivity index (χ0v) is 14.7. The maximum Gasteiger partial charge on any atom is 0.253 e. The summed E-state index contributed by atoms with van der Waals surface area (Å²) in [6, 6.07) is 12.0. The van der Waals surface area contributed by atoms with E-state index in [0.29, 0.717) is 44.1 Å². The van der Waals surface area contributed by atoms with Gasteiger partial charge in [0, 0.05) is 38.1 Å². The predicted octanol–water partition coefficient (Wildman–Crippen LogP) is 1.76. The lowest BCUT2D eigenvalue weighted by Crippen LogP contribution is -2.51. The number of piperazine rings is 1. The van der Waals surface area contributed by atoms with Crippen molar-refractivity contribution in [1.29, 1.82) is 0 Å². The van der Waals surface area contributed by atoms with Gasteiger partial charge in [0.25, 0.3) is 10.9 Å². The highest BCUT2D eigenvalue weighted by atomic mass is 19.1. The number of anilines is 3. The summed E-state index contributed by atoms with van der Waals surface area (Å²) in [5.74, 6) is -0.259. The number of aromatic nitrogens is 1. The van der Waals surface area contributed by atoms with E-state index in [1.807, 2.05) is 23.1 Å². The number of hydrogen-bond donors (Lipinski definition) is 1. The number of benzene rings is 1. The maximum atomic E-state index is 13.1. The van der Waals surface area contributed by atoms with E-state index >= 15 is 0 Å². The monoisotopic (exact) mass is 366 g/mol. The molecule has 2 heterocycles. The van der Waals surface area contributed by atoms with Crippen LogP contribution in [0.15, 0.2) is 58.3 Å². The molecule has 1 aromatic heterocycles. The van der Waals surface area contributed by atoms with Gasteiger partial charge in [-0.3, -0.25) is 14.6 Å². The highest BCUT2D eigenvalue weighted by molar-refractivity contribution is 5.75. The Morgan fingerprint density at radius 3 is 2.30 bits per heavy atom. The molecule has 1 saturated heterocycles. The Morgan fingerprint density at radius 2 is 1.63 bits per heavy atom. The molecule has 7 heteroatoms. The normalized spacial score (nSPS) is 14.6. The average Bonchev–Trinajstić information content (AvgIpc) is 2.72. The van der Waals surface area contributed by atoms with Crippen LogP contribution in [0.2, 0.25) is 0 Å². The van der Waals surface area contributed by atoms with Crippen molar-refractivity contribution in [3.05, 3.63) is 80.6 Å². The van der Waals surface area contributed by atoms with Crippen LogP contribution in [0.1, 0.15) is 5.69 Å². The van der Waals surface area contributed by atoms with Crippen molar-refractivity contribution in [3.63, 3.8) is 0 Å². The van der Waals surface area contributed by atoms with Crippen LogP contribution in [-0.2, 0) is 6.54 Å². The molecule has 2 aromatic carbocycles. The molecule has 1 N–H and O–H groups in total. The first-order valence-electron chi connectivity index (χ1n) is 8.86. The van der Waals surface area contributed by atoms with E-state index in [2.05, 4.69) is 15.2 Å². The van der Waals surface area contributed by atoms with Gasteiger partial charge < -0.3 is 15.1 Å². The Morgan fingerprint density at radius 1 is 0.926 bits per heavy atom. The van der Waals surface area contributed by atoms with Gasteiger partial charge in [-0.15, -0.1) is 0 Å². The van der Waals surface area contributed by atoms with E-state index in [1.165, 1.54) is 12.1 Å². The molecular weight excluding hydrogens is 347 g/mol. The summed E-state index contributed by atoms with van der Waals surface area (Å²) in [6.07, 6.45) is 1.69. The number of rotatable bonds is 5. The fourth-order valence-corrected chi connectivity index (χ4v) is 3.37. The van der Waals surface area contributed by atoms with Gasteiger partial charge in [-0.2, -0.15) is 0 Å². The molecule has 1 fully saturated rings. The fourth-order valence-electron chi connectivity index (χ4n) is 3.37. The molecule has 0 unspecified atom stereocenters. The smallest absolute Gasteiger partial charge is 0.253 e. The number of halogens is 1. The molecule has 0 atom stereocenters. The van der Waals surface area contributed by atoms with Crippen molar-refractivity contribution in [2.24, 2.45) is 0 Å². The third-order valence-corrected chi connectivity index (χ3v) is 4.85. The molecule has 6 nitrogen and oxygen atoms in total. The van der Waals surface area contributed by atoms with Gasteiger partial charge in [-0.05, 0) is 36.4 Å². The van der Waals surface area contributed by atoms with Crippen molar-refractivity contribution in [3.8, 4) is 0 Å². The van der Waals surface area contributed by atoms with Crippen molar-refractivity contribution >= 4 is 17.1 Å². The molecule has 1 aliphatic heterocycles. The van der Waals surface area contributed by atoms with Crippen LogP contribution in [0, 0.1) is 5.82 Å². The largest absolute Gasteiger partial charge is 0.374 e. The van der Waals surface area contributed by atoms with Gasteiger partial charge in [0.05, 0.1) is 12.2 Å². The minimum absolute atomic E-state index is 0.259. The first-order chi connectivity index (χ1) is 13.1. The highest BCUT2D eigenvalue weighted by Crippen LogP contribution is 2.24. The quantitative estimate of drug-likeness (QED) is 0.694. The Labute approximate surface area is 155 Å². The standard InChI is InChI=1S/C20H19FN4O2/c21-14-4-6-16(7-5-14)24-9-11-25(12-10-24)18-17(19(26)20(18)27)23-13-15-3-1-2-8-22-15/h1-8,23H,9-13H2. The van der Waals surface area contributed by atoms with Crippen LogP contribution in [0.4, 0.5) is 21.5 Å². The maximum absolute atomic E-state index is 13.1. The van der Waals surface area contributed by atoms with Crippen LogP contribution >= 0.6 is 0 Å². The fraction of sp³-hybridized carbons (Fsp3) is 0.250. The molecule has 27 heavy (non-hydrogen) atoms. The predicted molar refractivity (Wildman–Crippen MR) is 104 cm³/mol. The van der Waals surface area contributed by atoms with Crippen LogP contribution in [0.25, 0.3) is 0 Å². The minimum Gasteiger partial charge on any atom is -0.374 e. The third-order valence-electron chi connectivity index (χ3n) is 4.85. The third kappa shape index (κ3) is 3.40. The van der Waals surface area contributed by atoms with Crippen molar-refractivity contribution in [1.82, 2.24) is 4.98 Å². The van der Waals surface area contributed by atoms with Gasteiger partial charge in [0.1, 0.15) is 17.2 Å². The SMILES string of the molecule is O=c1c(NCc2ccccn2)c(N2CCN(c3ccc(F)cc3)CC2)c1=O. The van der Waals surface area contributed by atoms with Crippen LogP contribution in [-0.4, -0.2) is 31.2 Å². The Kier molecular flexibility index (Phi) is 4.58. The molecule has 4 rings (SSSR count). The first kappa shape index (κ1) is 17.2. The summed E-state index contributed by atoms with van der Waals surface area (Å²) in [4.78, 5) is 32.4. The van der Waals surface area contributed by atoms with E-state index in [4.69, 9.17) is 0 Å². The lowest BCUT2D eigenvalue weighted by molar-refractivity contribution is 0.624. The van der Waals surface area contributed by atoms with Gasteiger partial charge in [-0.1, -0.05) is 6.07 Å². The molecule has 0 saturated carbocycles. The number of nitrogens with one attached hydrogen (secondary N) is 1. The number of pyridine rings is 1. The molecule has 3 aromatic rings. The summed E-state index contributed by atoms with van der Waals surface area (Å²) in [5, 5.41) is 3.06. The lowest BCUT2D eigenvalue weighted by Gasteiger charge is -2.38. The Balaban J connectivity index is 1.43. The molecule has 0 bridgehead atoms. The molecule has 0 aliphatic carbocycles. The second-order valence-corrected chi connectivity index (χ2v) is 6.51. The Hall–Kier alpha value is -3.22. The van der Waals surface area contributed by atoms with E-state index in [1.54, 1.807) is 18.3 Å². The molecule has 0 spiro atoms. The van der Waals surface area contributed by atoms with Crippen molar-refractivity contribution in [2.45, 2.75) is 6.54 Å². The van der Waals surface area contributed by atoms with E-state index in [-0.39, 0.29) is 5.82 Å². The van der Waals surface area contributed by atoms with E-state index < -0.39 is 10.9 Å². The molecule has 1 aliphatic rings. The van der Waals surface area contributed by atoms with Crippen LogP contribution in [0.3, 0.4) is 0 Å². The molecule has 0 amide bonds. The topological polar surface area (TPSA) is 65.5 Å². The Bertz CT molecular complexity index is 989. The highest BCUT2D eigenvalue weighted by Gasteiger charge is 2.28. The minimum atomic E-state index is -0.470. The van der Waals surface area contributed by atoms with Gasteiger partial charge in [0.2, 0.25) is 0 Å². The second-order valence-electron chi connectivity index (χ2n) is 6.51. The summed E-state index contributed by atoms with van der Waals surface area (Å²) in [6.45, 7) is 3.05. The zero-order valence-electron chi connectivity index (χ0n) is 14.7. The molecule has 138 valence electrons. The van der Waals surface area contributed by atoms with Crippen LogP contribution in [0.5, 0.6) is 0 Å². The summed E-state index contributed by atoms with van der Waals surface area (Å²) < 4.78 is 13.1. The second kappa shape index (κ2) is 7.19. The first-order valence-corrected chi connectivity index (χ1v) is 8.86. The number of nitrogens with zero attached hydrogens (tertiary/aromatic N) is 3. The zero-order chi connectivity index (χ0) is 18.8. The molecule has 0 radical (unpaired) electrons. The summed E-state index contributed by atoms with van der Waals surface area (Å²) >= 11 is 0. The van der Waals surface area contributed by atoms with Gasteiger partial charge in [0.15, 0.2) is 0 Å². The lowest BCUT2D eigenvalue weighted by atomic mass is 10.1. The van der Waals surface area contributed by atoms with Crippen molar-refractivity contribution < 1.29 is 4.39 Å². The molecular formula is C20H19FN4O2. The van der Waals surface area contributed by atoms with Crippen LogP contribution < -0.4 is 26.0 Å². The summed E-state index contributed by atoms with van der Waals surface area (Å²) in [5.41, 5.74) is 1.69. The van der Waals surface area contributed by atoms with E-state index in [9.17, 15) is 14.0 Å². The van der Waals surface area contributed by atoms with Crippen molar-refractivity contribution in [2.75, 3.05) is 41.3 Å². The van der Waals surface area contributed by atoms with Gasteiger partial charge in [-0.25, -0.2) is 4.39 Å². The van der Waals surface area contributed by atoms with E-state index in [0.717, 1.165) is 11.4 Å². The number of hydrogen-bond acceptors (Lipinski definition) is 6. The van der Waals surface area contributed by atoms with Gasteiger partial charge >= 0.3 is 0 Å².